The molecule has 1 aliphatic rings. The van der Waals surface area contributed by atoms with Crippen molar-refractivity contribution in [2.75, 3.05) is 0 Å². The zero-order valence-electron chi connectivity index (χ0n) is 13.7. The maximum atomic E-state index is 14.6. The fraction of sp³-hybridized carbons (Fsp3) is 0.500. The third kappa shape index (κ3) is 3.15. The zero-order chi connectivity index (χ0) is 14.4. The van der Waals surface area contributed by atoms with Crippen molar-refractivity contribution in [1.29, 1.82) is 0 Å². The summed E-state index contributed by atoms with van der Waals surface area (Å²) in [6, 6.07) is -3.15. The second kappa shape index (κ2) is 6.52. The van der Waals surface area contributed by atoms with Crippen molar-refractivity contribution in [3.63, 3.8) is 0 Å². The Morgan fingerprint density at radius 3 is 2.19 bits per heavy atom. The molecule has 0 unspecified atom stereocenters. The van der Waals surface area contributed by atoms with Crippen LogP contribution in [0.15, 0.2) is 30.2 Å². The number of rotatable bonds is 2. The summed E-state index contributed by atoms with van der Waals surface area (Å²) in [6.07, 6.45) is 2.45. The Morgan fingerprint density at radius 2 is 1.69 bits per heavy atom. The summed E-state index contributed by atoms with van der Waals surface area (Å²) in [6.45, 7) is 0. The molecular weight excluding hydrogens is 243 g/mol. The van der Waals surface area contributed by atoms with Crippen LogP contribution in [0.4, 0.5) is 4.39 Å². The van der Waals surface area contributed by atoms with Crippen molar-refractivity contribution in [2.24, 2.45) is 5.92 Å². The van der Waals surface area contributed by atoms with Gasteiger partial charge in [0.25, 0.3) is 0 Å². The molecule has 1 aliphatic carbocycles. The van der Waals surface area contributed by atoms with Crippen LogP contribution in [0, 0.1) is 5.92 Å². The molecule has 1 atom stereocenters. The van der Waals surface area contributed by atoms with Gasteiger partial charge >= 0.3 is 0 Å². The standard InChI is InChI=1S/C12H15FO.2H2S/c13-12(14,11-8-4-5-9-11)10-6-2-1-3-7-10;;/h1-3,6-7,11,14H,4-5,8-9H2;2*1H2/t12-;;/m1../s1/i1D,2D,3D,6D,7D;;. The molecule has 1 N–H and O–H groups in total. The minimum absolute atomic E-state index is 0. The number of alkyl halides is 1. The minimum Gasteiger partial charge on any atom is -0.358 e. The maximum absolute atomic E-state index is 14.6. The molecule has 0 heterocycles. The predicted octanol–water partition coefficient (Wildman–Crippen LogP) is 3.22. The Morgan fingerprint density at radius 1 is 1.19 bits per heavy atom. The van der Waals surface area contributed by atoms with Crippen LogP contribution in [0.1, 0.15) is 38.1 Å². The number of hydrogen-bond donors (Lipinski definition) is 1. The first-order valence-corrected chi connectivity index (χ1v) is 4.77. The topological polar surface area (TPSA) is 20.2 Å². The van der Waals surface area contributed by atoms with E-state index >= 15 is 0 Å². The number of aliphatic hydroxyl groups is 1. The molecule has 16 heavy (non-hydrogen) atoms. The van der Waals surface area contributed by atoms with Crippen LogP contribution in [-0.2, 0) is 5.85 Å². The highest BCUT2D eigenvalue weighted by Crippen LogP contribution is 2.41. The lowest BCUT2D eigenvalue weighted by atomic mass is 9.92. The van der Waals surface area contributed by atoms with Crippen molar-refractivity contribution < 1.29 is 16.4 Å². The Bertz CT molecular complexity index is 492. The van der Waals surface area contributed by atoms with Crippen molar-refractivity contribution in [2.45, 2.75) is 31.5 Å². The quantitative estimate of drug-likeness (QED) is 0.872. The Kier molecular flexibility index (Phi) is 3.60. The molecule has 2 rings (SSSR count). The summed E-state index contributed by atoms with van der Waals surface area (Å²) in [5.41, 5.74) is -0.634. The lowest BCUT2D eigenvalue weighted by Crippen LogP contribution is -2.28. The van der Waals surface area contributed by atoms with Gasteiger partial charge in [0, 0.05) is 11.5 Å². The molecule has 0 radical (unpaired) electrons. The van der Waals surface area contributed by atoms with Gasteiger partial charge in [0.1, 0.15) is 0 Å². The molecule has 1 aromatic rings. The molecule has 1 aromatic carbocycles. The molecule has 1 nitrogen and oxygen atoms in total. The normalized spacial score (nSPS) is 23.8. The van der Waals surface area contributed by atoms with Crippen LogP contribution in [0.2, 0.25) is 0 Å². The molecule has 92 valence electrons. The van der Waals surface area contributed by atoms with Gasteiger partial charge in [0.15, 0.2) is 0 Å². The first-order chi connectivity index (χ1) is 8.78. The van der Waals surface area contributed by atoms with Gasteiger partial charge in [0.2, 0.25) is 5.85 Å². The SMILES string of the molecule is S.S.[2H]c1c([2H])c([2H])c([C@](O)(F)C2CCCC2)c([2H])c1[2H]. The molecule has 0 saturated heterocycles. The van der Waals surface area contributed by atoms with Crippen LogP contribution in [-0.4, -0.2) is 5.11 Å². The second-order valence-corrected chi connectivity index (χ2v) is 3.65. The Labute approximate surface area is 117 Å². The summed E-state index contributed by atoms with van der Waals surface area (Å²) in [7, 11) is 0. The molecule has 0 amide bonds. The van der Waals surface area contributed by atoms with Crippen molar-refractivity contribution in [1.82, 2.24) is 0 Å². The van der Waals surface area contributed by atoms with Crippen molar-refractivity contribution in [3.8, 4) is 0 Å². The van der Waals surface area contributed by atoms with E-state index in [4.69, 9.17) is 6.85 Å². The van der Waals surface area contributed by atoms with E-state index in [1.54, 1.807) is 0 Å². The van der Waals surface area contributed by atoms with Crippen LogP contribution in [0.3, 0.4) is 0 Å². The molecular formula is C12H19FOS2. The molecule has 4 heteroatoms. The Hall–Kier alpha value is -0.190. The summed E-state index contributed by atoms with van der Waals surface area (Å²) in [5, 5.41) is 10.1. The predicted molar refractivity (Wildman–Crippen MR) is 74.2 cm³/mol. The van der Waals surface area contributed by atoms with E-state index < -0.39 is 47.5 Å². The zero-order valence-corrected chi connectivity index (χ0v) is 10.7. The molecule has 0 spiro atoms. The number of hydrogen-bond acceptors (Lipinski definition) is 1. The van der Waals surface area contributed by atoms with E-state index in [0.717, 1.165) is 12.8 Å². The van der Waals surface area contributed by atoms with E-state index in [1.807, 2.05) is 0 Å². The first-order valence-electron chi connectivity index (χ1n) is 7.27. The summed E-state index contributed by atoms with van der Waals surface area (Å²) in [5.74, 6) is -3.58. The van der Waals surface area contributed by atoms with Gasteiger partial charge in [-0.25, -0.2) is 4.39 Å². The fourth-order valence-electron chi connectivity index (χ4n) is 1.94. The van der Waals surface area contributed by atoms with Gasteiger partial charge < -0.3 is 5.11 Å². The second-order valence-electron chi connectivity index (χ2n) is 3.65. The van der Waals surface area contributed by atoms with Crippen molar-refractivity contribution in [3.05, 3.63) is 35.8 Å². The first kappa shape index (κ1) is 8.84. The number of halogens is 1. The highest BCUT2D eigenvalue weighted by atomic mass is 32.1. The van der Waals surface area contributed by atoms with Gasteiger partial charge in [0.05, 0.1) is 6.85 Å². The van der Waals surface area contributed by atoms with E-state index in [9.17, 15) is 9.50 Å². The van der Waals surface area contributed by atoms with Gasteiger partial charge in [-0.1, -0.05) is 43.1 Å². The summed E-state index contributed by atoms with van der Waals surface area (Å²) in [4.78, 5) is 0. The minimum atomic E-state index is -2.87. The molecule has 0 aliphatic heterocycles. The van der Waals surface area contributed by atoms with Crippen LogP contribution >= 0.6 is 27.0 Å². The Balaban J connectivity index is 0.00000200. The highest BCUT2D eigenvalue weighted by Gasteiger charge is 2.39. The average molecular weight is 267 g/mol. The third-order valence-electron chi connectivity index (χ3n) is 2.75. The van der Waals surface area contributed by atoms with E-state index in [2.05, 4.69) is 0 Å². The van der Waals surface area contributed by atoms with Gasteiger partial charge in [-0.15, -0.1) is 0 Å². The van der Waals surface area contributed by atoms with Gasteiger partial charge in [-0.3, -0.25) is 0 Å². The monoisotopic (exact) mass is 267 g/mol. The van der Waals surface area contributed by atoms with Gasteiger partial charge in [-0.2, -0.15) is 27.0 Å². The molecule has 1 fully saturated rings. The van der Waals surface area contributed by atoms with E-state index in [-0.39, 0.29) is 27.0 Å². The number of benzene rings is 1. The highest BCUT2D eigenvalue weighted by molar-refractivity contribution is 7.59. The molecule has 0 aromatic heterocycles. The van der Waals surface area contributed by atoms with Crippen LogP contribution < -0.4 is 0 Å². The fourth-order valence-corrected chi connectivity index (χ4v) is 1.94. The van der Waals surface area contributed by atoms with E-state index in [1.165, 1.54) is 0 Å². The maximum Gasteiger partial charge on any atom is 0.235 e. The lowest BCUT2D eigenvalue weighted by Gasteiger charge is -2.25. The smallest absolute Gasteiger partial charge is 0.235 e. The van der Waals surface area contributed by atoms with E-state index in [0.29, 0.717) is 12.8 Å². The summed E-state index contributed by atoms with van der Waals surface area (Å²) < 4.78 is 52.4. The third-order valence-corrected chi connectivity index (χ3v) is 2.75. The molecule has 1 saturated carbocycles. The van der Waals surface area contributed by atoms with Crippen LogP contribution in [0.25, 0.3) is 0 Å². The van der Waals surface area contributed by atoms with Crippen LogP contribution in [0.5, 0.6) is 0 Å². The van der Waals surface area contributed by atoms with Gasteiger partial charge in [-0.05, 0) is 12.8 Å². The van der Waals surface area contributed by atoms with Crippen molar-refractivity contribution >= 4 is 27.0 Å². The molecule has 0 bridgehead atoms. The largest absolute Gasteiger partial charge is 0.358 e. The average Bonchev–Trinajstić information content (AvgIpc) is 2.88. The summed E-state index contributed by atoms with van der Waals surface area (Å²) >= 11 is 0. The lowest BCUT2D eigenvalue weighted by molar-refractivity contribution is -0.142.